The summed E-state index contributed by atoms with van der Waals surface area (Å²) in [6.07, 6.45) is -2.82. The van der Waals surface area contributed by atoms with Crippen LogP contribution in [0.1, 0.15) is 18.4 Å². The Labute approximate surface area is 125 Å². The molecule has 22 heavy (non-hydrogen) atoms. The van der Waals surface area contributed by atoms with Gasteiger partial charge in [-0.25, -0.2) is 9.18 Å². The van der Waals surface area contributed by atoms with Crippen LogP contribution in [0.3, 0.4) is 0 Å². The van der Waals surface area contributed by atoms with Crippen LogP contribution in [0.5, 0.6) is 0 Å². The molecule has 1 aromatic rings. The molecule has 0 spiro atoms. The third-order valence-electron chi connectivity index (χ3n) is 3.12. The van der Waals surface area contributed by atoms with Crippen molar-refractivity contribution in [2.75, 3.05) is 13.1 Å². The fourth-order valence-corrected chi connectivity index (χ4v) is 1.92. The topological polar surface area (TPSA) is 61.4 Å². The SMILES string of the molecule is Fc1ccccc1CNC1CCNCC1.O=C(O)C(F)(F)F. The van der Waals surface area contributed by atoms with E-state index in [0.29, 0.717) is 12.6 Å². The average molecular weight is 322 g/mol. The number of hydrogen-bond donors (Lipinski definition) is 3. The van der Waals surface area contributed by atoms with Gasteiger partial charge in [-0.05, 0) is 32.0 Å². The summed E-state index contributed by atoms with van der Waals surface area (Å²) in [5.41, 5.74) is 0.760. The standard InChI is InChI=1S/C12H17FN2.C2HF3O2/c13-12-4-2-1-3-10(12)9-15-11-5-7-14-8-6-11;3-2(4,5)1(6)7/h1-4,11,14-15H,5-9H2;(H,6,7). The minimum Gasteiger partial charge on any atom is -0.475 e. The first-order chi connectivity index (χ1) is 10.3. The number of nitrogens with one attached hydrogen (secondary N) is 2. The van der Waals surface area contributed by atoms with Gasteiger partial charge in [-0.3, -0.25) is 0 Å². The predicted octanol–water partition coefficient (Wildman–Crippen LogP) is 2.30. The number of carboxylic acid groups (broad SMARTS) is 1. The number of carbonyl (C=O) groups is 1. The molecule has 1 aromatic carbocycles. The number of piperidine rings is 1. The van der Waals surface area contributed by atoms with Crippen molar-refractivity contribution in [2.45, 2.75) is 31.6 Å². The number of aliphatic carboxylic acids is 1. The van der Waals surface area contributed by atoms with Crippen molar-refractivity contribution >= 4 is 5.97 Å². The summed E-state index contributed by atoms with van der Waals surface area (Å²) >= 11 is 0. The molecule has 3 N–H and O–H groups in total. The lowest BCUT2D eigenvalue weighted by Gasteiger charge is -2.23. The van der Waals surface area contributed by atoms with E-state index >= 15 is 0 Å². The second kappa shape index (κ2) is 8.70. The lowest BCUT2D eigenvalue weighted by molar-refractivity contribution is -0.192. The first-order valence-corrected chi connectivity index (χ1v) is 6.78. The van der Waals surface area contributed by atoms with E-state index in [1.807, 2.05) is 12.1 Å². The Morgan fingerprint density at radius 2 is 1.82 bits per heavy atom. The molecule has 0 atom stereocenters. The number of rotatable bonds is 3. The zero-order chi connectivity index (χ0) is 16.6. The van der Waals surface area contributed by atoms with E-state index in [1.165, 1.54) is 6.07 Å². The van der Waals surface area contributed by atoms with Crippen LogP contribution >= 0.6 is 0 Å². The number of carboxylic acids is 1. The third kappa shape index (κ3) is 6.86. The Morgan fingerprint density at radius 3 is 2.32 bits per heavy atom. The summed E-state index contributed by atoms with van der Waals surface area (Å²) in [6, 6.07) is 7.49. The van der Waals surface area contributed by atoms with Crippen LogP contribution in [0.4, 0.5) is 17.6 Å². The summed E-state index contributed by atoms with van der Waals surface area (Å²) in [4.78, 5) is 8.90. The molecule has 1 saturated heterocycles. The van der Waals surface area contributed by atoms with E-state index < -0.39 is 12.1 Å². The zero-order valence-corrected chi connectivity index (χ0v) is 11.8. The van der Waals surface area contributed by atoms with Crippen LogP contribution < -0.4 is 10.6 Å². The number of halogens is 4. The Kier molecular flexibility index (Phi) is 7.26. The van der Waals surface area contributed by atoms with Crippen LogP contribution in [-0.2, 0) is 11.3 Å². The molecule has 0 radical (unpaired) electrons. The van der Waals surface area contributed by atoms with E-state index in [0.717, 1.165) is 31.5 Å². The molecular formula is C14H18F4N2O2. The van der Waals surface area contributed by atoms with Gasteiger partial charge in [-0.2, -0.15) is 13.2 Å². The molecule has 1 aliphatic rings. The Morgan fingerprint density at radius 1 is 1.27 bits per heavy atom. The van der Waals surface area contributed by atoms with Gasteiger partial charge in [0.05, 0.1) is 0 Å². The molecule has 0 amide bonds. The maximum Gasteiger partial charge on any atom is 0.490 e. The maximum atomic E-state index is 13.3. The Bertz CT molecular complexity index is 474. The zero-order valence-electron chi connectivity index (χ0n) is 11.8. The monoisotopic (exact) mass is 322 g/mol. The van der Waals surface area contributed by atoms with Crippen molar-refractivity contribution in [2.24, 2.45) is 0 Å². The molecule has 1 fully saturated rings. The molecule has 0 aromatic heterocycles. The number of benzene rings is 1. The van der Waals surface area contributed by atoms with Crippen molar-refractivity contribution in [3.8, 4) is 0 Å². The van der Waals surface area contributed by atoms with E-state index in [2.05, 4.69) is 10.6 Å². The normalized spacial score (nSPS) is 15.8. The first-order valence-electron chi connectivity index (χ1n) is 6.78. The van der Waals surface area contributed by atoms with Crippen molar-refractivity contribution in [1.29, 1.82) is 0 Å². The van der Waals surface area contributed by atoms with E-state index in [4.69, 9.17) is 9.90 Å². The van der Waals surface area contributed by atoms with Crippen molar-refractivity contribution in [3.05, 3.63) is 35.6 Å². The fraction of sp³-hybridized carbons (Fsp3) is 0.500. The predicted molar refractivity (Wildman–Crippen MR) is 72.8 cm³/mol. The van der Waals surface area contributed by atoms with E-state index in [-0.39, 0.29) is 5.82 Å². The Hall–Kier alpha value is -1.67. The van der Waals surface area contributed by atoms with Crippen molar-refractivity contribution in [3.63, 3.8) is 0 Å². The van der Waals surface area contributed by atoms with Gasteiger partial charge in [0.15, 0.2) is 0 Å². The van der Waals surface area contributed by atoms with Crippen LogP contribution in [0.15, 0.2) is 24.3 Å². The van der Waals surface area contributed by atoms with E-state index in [1.54, 1.807) is 6.07 Å². The molecule has 0 bridgehead atoms. The molecule has 2 rings (SSSR count). The van der Waals surface area contributed by atoms with Gasteiger partial charge in [-0.1, -0.05) is 18.2 Å². The minimum atomic E-state index is -5.08. The lowest BCUT2D eigenvalue weighted by Crippen LogP contribution is -2.39. The second-order valence-electron chi connectivity index (χ2n) is 4.80. The minimum absolute atomic E-state index is 0.112. The summed E-state index contributed by atoms with van der Waals surface area (Å²) in [7, 11) is 0. The highest BCUT2D eigenvalue weighted by Gasteiger charge is 2.38. The average Bonchev–Trinajstić information content (AvgIpc) is 2.47. The highest BCUT2D eigenvalue weighted by Crippen LogP contribution is 2.13. The second-order valence-corrected chi connectivity index (χ2v) is 4.80. The van der Waals surface area contributed by atoms with Gasteiger partial charge in [0.25, 0.3) is 0 Å². The van der Waals surface area contributed by atoms with Crippen LogP contribution in [-0.4, -0.2) is 36.4 Å². The number of alkyl halides is 3. The van der Waals surface area contributed by atoms with Gasteiger partial charge in [0.2, 0.25) is 0 Å². The highest BCUT2D eigenvalue weighted by atomic mass is 19.4. The fourth-order valence-electron chi connectivity index (χ4n) is 1.92. The molecule has 124 valence electrons. The highest BCUT2D eigenvalue weighted by molar-refractivity contribution is 5.73. The summed E-state index contributed by atoms with van der Waals surface area (Å²) in [6.45, 7) is 2.77. The Balaban J connectivity index is 0.000000295. The van der Waals surface area contributed by atoms with E-state index in [9.17, 15) is 17.6 Å². The van der Waals surface area contributed by atoms with Gasteiger partial charge in [0, 0.05) is 18.2 Å². The van der Waals surface area contributed by atoms with Crippen LogP contribution in [0.25, 0.3) is 0 Å². The van der Waals surface area contributed by atoms with Gasteiger partial charge in [0.1, 0.15) is 5.82 Å². The molecular weight excluding hydrogens is 304 g/mol. The molecule has 1 aliphatic heterocycles. The van der Waals surface area contributed by atoms with Crippen LogP contribution in [0.2, 0.25) is 0 Å². The molecule has 0 unspecified atom stereocenters. The quantitative estimate of drug-likeness (QED) is 0.748. The van der Waals surface area contributed by atoms with Crippen molar-refractivity contribution < 1.29 is 27.5 Å². The maximum absolute atomic E-state index is 13.3. The molecule has 8 heteroatoms. The summed E-state index contributed by atoms with van der Waals surface area (Å²) in [5, 5.41) is 13.8. The molecule has 0 aliphatic carbocycles. The van der Waals surface area contributed by atoms with Gasteiger partial charge < -0.3 is 15.7 Å². The smallest absolute Gasteiger partial charge is 0.475 e. The lowest BCUT2D eigenvalue weighted by atomic mass is 10.1. The number of hydrogen-bond acceptors (Lipinski definition) is 3. The summed E-state index contributed by atoms with van der Waals surface area (Å²) < 4.78 is 45.0. The van der Waals surface area contributed by atoms with Gasteiger partial charge >= 0.3 is 12.1 Å². The third-order valence-corrected chi connectivity index (χ3v) is 3.12. The molecule has 4 nitrogen and oxygen atoms in total. The first kappa shape index (κ1) is 18.4. The molecule has 0 saturated carbocycles. The largest absolute Gasteiger partial charge is 0.490 e. The van der Waals surface area contributed by atoms with Crippen molar-refractivity contribution in [1.82, 2.24) is 10.6 Å². The van der Waals surface area contributed by atoms with Crippen LogP contribution in [0, 0.1) is 5.82 Å². The van der Waals surface area contributed by atoms with Gasteiger partial charge in [-0.15, -0.1) is 0 Å². The summed E-state index contributed by atoms with van der Waals surface area (Å²) in [5.74, 6) is -2.87. The molecule has 1 heterocycles.